The number of carbonyl (C=O) groups excluding carboxylic acids is 1. The van der Waals surface area contributed by atoms with Gasteiger partial charge in [0.15, 0.2) is 14.6 Å². The molecule has 17 heavy (non-hydrogen) atoms. The molecule has 0 saturated heterocycles. The first kappa shape index (κ1) is 12.1. The first-order valence-corrected chi connectivity index (χ1v) is 7.23. The fourth-order valence-electron chi connectivity index (χ4n) is 1.72. The molecular weight excluding hydrogens is 240 g/mol. The summed E-state index contributed by atoms with van der Waals surface area (Å²) in [6, 6.07) is 6.98. The summed E-state index contributed by atoms with van der Waals surface area (Å²) in [5.74, 6) is -0.268. The molecule has 0 atom stereocenters. The van der Waals surface area contributed by atoms with Gasteiger partial charge in [-0.3, -0.25) is 0 Å². The molecule has 1 fully saturated rings. The van der Waals surface area contributed by atoms with Crippen molar-refractivity contribution in [3.05, 3.63) is 29.8 Å². The van der Waals surface area contributed by atoms with Gasteiger partial charge in [-0.2, -0.15) is 0 Å². The van der Waals surface area contributed by atoms with Crippen LogP contribution in [0.25, 0.3) is 0 Å². The van der Waals surface area contributed by atoms with Gasteiger partial charge < -0.3 is 4.74 Å². The number of hydrogen-bond acceptors (Lipinski definition) is 4. The molecule has 5 heteroatoms. The molecule has 4 nitrogen and oxygen atoms in total. The molecule has 0 aliphatic heterocycles. The van der Waals surface area contributed by atoms with Gasteiger partial charge in [0.2, 0.25) is 0 Å². The standard InChI is InChI=1S/C12H14O4S/c1-9-4-3-5-10(8-9)16-11(13)12(6-7-12)17(2,14)15/h3-5,8H,6-7H2,1-2H3. The van der Waals surface area contributed by atoms with Crippen molar-refractivity contribution < 1.29 is 17.9 Å². The van der Waals surface area contributed by atoms with Crippen molar-refractivity contribution in [2.75, 3.05) is 6.26 Å². The third-order valence-corrected chi connectivity index (χ3v) is 4.98. The summed E-state index contributed by atoms with van der Waals surface area (Å²) < 4.78 is 26.9. The quantitative estimate of drug-likeness (QED) is 0.605. The fourth-order valence-corrected chi connectivity index (χ4v) is 2.91. The molecule has 0 unspecified atom stereocenters. The third kappa shape index (κ3) is 2.20. The first-order chi connectivity index (χ1) is 7.85. The highest BCUT2D eigenvalue weighted by atomic mass is 32.2. The van der Waals surface area contributed by atoms with Crippen molar-refractivity contribution in [1.82, 2.24) is 0 Å². The molecule has 0 amide bonds. The Morgan fingerprint density at radius 1 is 1.35 bits per heavy atom. The molecule has 1 saturated carbocycles. The summed E-state index contributed by atoms with van der Waals surface area (Å²) in [6.07, 6.45) is 1.80. The lowest BCUT2D eigenvalue weighted by molar-refractivity contribution is -0.134. The zero-order chi connectivity index (χ0) is 12.7. The second kappa shape index (κ2) is 3.84. The van der Waals surface area contributed by atoms with Gasteiger partial charge in [-0.1, -0.05) is 12.1 Å². The lowest BCUT2D eigenvalue weighted by atomic mass is 10.2. The van der Waals surface area contributed by atoms with E-state index in [9.17, 15) is 13.2 Å². The van der Waals surface area contributed by atoms with Crippen molar-refractivity contribution in [2.45, 2.75) is 24.5 Å². The zero-order valence-corrected chi connectivity index (χ0v) is 10.6. The predicted molar refractivity (Wildman–Crippen MR) is 63.6 cm³/mol. The number of rotatable bonds is 3. The Bertz CT molecular complexity index is 556. The van der Waals surface area contributed by atoms with Crippen LogP contribution in [0.1, 0.15) is 18.4 Å². The van der Waals surface area contributed by atoms with Crippen LogP contribution in [0.15, 0.2) is 24.3 Å². The molecular formula is C12H14O4S. The van der Waals surface area contributed by atoms with Gasteiger partial charge in [-0.25, -0.2) is 13.2 Å². The smallest absolute Gasteiger partial charge is 0.332 e. The number of sulfone groups is 1. The van der Waals surface area contributed by atoms with Gasteiger partial charge in [0.1, 0.15) is 5.75 Å². The van der Waals surface area contributed by atoms with Crippen LogP contribution in [0, 0.1) is 6.92 Å². The normalized spacial score (nSPS) is 17.5. The van der Waals surface area contributed by atoms with Gasteiger partial charge in [0.05, 0.1) is 0 Å². The average molecular weight is 254 g/mol. The van der Waals surface area contributed by atoms with Gasteiger partial charge >= 0.3 is 5.97 Å². The third-order valence-electron chi connectivity index (χ3n) is 2.99. The lowest BCUT2D eigenvalue weighted by Gasteiger charge is -2.12. The number of benzene rings is 1. The summed E-state index contributed by atoms with van der Waals surface area (Å²) in [6.45, 7) is 1.88. The Morgan fingerprint density at radius 2 is 2.00 bits per heavy atom. The van der Waals surface area contributed by atoms with E-state index in [0.717, 1.165) is 11.8 Å². The fraction of sp³-hybridized carbons (Fsp3) is 0.417. The highest BCUT2D eigenvalue weighted by Crippen LogP contribution is 2.44. The summed E-state index contributed by atoms with van der Waals surface area (Å²) in [5, 5.41) is 0. The Balaban J connectivity index is 2.19. The molecule has 1 aromatic rings. The highest BCUT2D eigenvalue weighted by Gasteiger charge is 2.60. The molecule has 0 N–H and O–H groups in total. The number of carbonyl (C=O) groups is 1. The van der Waals surface area contributed by atoms with E-state index in [-0.39, 0.29) is 0 Å². The molecule has 92 valence electrons. The second-order valence-corrected chi connectivity index (χ2v) is 6.80. The average Bonchev–Trinajstić information content (AvgIpc) is 2.96. The molecule has 1 aliphatic carbocycles. The lowest BCUT2D eigenvalue weighted by Crippen LogP contribution is -2.35. The van der Waals surface area contributed by atoms with Crippen LogP contribution in [0.3, 0.4) is 0 Å². The SMILES string of the molecule is Cc1cccc(OC(=O)C2(S(C)(=O)=O)CC2)c1. The van der Waals surface area contributed by atoms with E-state index >= 15 is 0 Å². The van der Waals surface area contributed by atoms with Crippen LogP contribution in [-0.2, 0) is 14.6 Å². The molecule has 0 aromatic heterocycles. The zero-order valence-electron chi connectivity index (χ0n) is 9.76. The van der Waals surface area contributed by atoms with E-state index in [1.54, 1.807) is 18.2 Å². The predicted octanol–water partition coefficient (Wildman–Crippen LogP) is 1.48. The Labute approximate surface area is 101 Å². The Kier molecular flexibility index (Phi) is 2.73. The van der Waals surface area contributed by atoms with E-state index < -0.39 is 20.6 Å². The Hall–Kier alpha value is -1.36. The van der Waals surface area contributed by atoms with Gasteiger partial charge in [-0.15, -0.1) is 0 Å². The topological polar surface area (TPSA) is 60.4 Å². The molecule has 0 bridgehead atoms. The van der Waals surface area contributed by atoms with E-state index in [0.29, 0.717) is 18.6 Å². The summed E-state index contributed by atoms with van der Waals surface area (Å²) in [7, 11) is -3.40. The van der Waals surface area contributed by atoms with Crippen molar-refractivity contribution >= 4 is 15.8 Å². The van der Waals surface area contributed by atoms with Crippen LogP contribution in [0.2, 0.25) is 0 Å². The first-order valence-electron chi connectivity index (χ1n) is 5.34. The van der Waals surface area contributed by atoms with Gasteiger partial charge in [0, 0.05) is 6.26 Å². The van der Waals surface area contributed by atoms with Gasteiger partial charge in [0.25, 0.3) is 0 Å². The maximum Gasteiger partial charge on any atom is 0.332 e. The minimum absolute atomic E-state index is 0.358. The highest BCUT2D eigenvalue weighted by molar-refractivity contribution is 7.93. The van der Waals surface area contributed by atoms with Crippen molar-refractivity contribution in [1.29, 1.82) is 0 Å². The van der Waals surface area contributed by atoms with Crippen LogP contribution in [0.5, 0.6) is 5.75 Å². The van der Waals surface area contributed by atoms with Crippen LogP contribution in [-0.4, -0.2) is 25.4 Å². The molecule has 1 aromatic carbocycles. The van der Waals surface area contributed by atoms with E-state index in [2.05, 4.69) is 0 Å². The number of aryl methyl sites for hydroxylation is 1. The minimum atomic E-state index is -3.40. The largest absolute Gasteiger partial charge is 0.425 e. The maximum absolute atomic E-state index is 11.9. The summed E-state index contributed by atoms with van der Waals surface area (Å²) >= 11 is 0. The Morgan fingerprint density at radius 3 is 2.47 bits per heavy atom. The van der Waals surface area contributed by atoms with Crippen molar-refractivity contribution in [2.24, 2.45) is 0 Å². The summed E-state index contributed by atoms with van der Waals surface area (Å²) in [4.78, 5) is 11.9. The summed E-state index contributed by atoms with van der Waals surface area (Å²) in [5.41, 5.74) is 0.958. The van der Waals surface area contributed by atoms with Crippen LogP contribution >= 0.6 is 0 Å². The number of esters is 1. The van der Waals surface area contributed by atoms with Crippen molar-refractivity contribution in [3.8, 4) is 5.75 Å². The second-order valence-electron chi connectivity index (χ2n) is 4.47. The van der Waals surface area contributed by atoms with Crippen LogP contribution < -0.4 is 4.74 Å². The maximum atomic E-state index is 11.9. The van der Waals surface area contributed by atoms with Crippen molar-refractivity contribution in [3.63, 3.8) is 0 Å². The molecule has 0 radical (unpaired) electrons. The number of ether oxygens (including phenoxy) is 1. The molecule has 1 aliphatic rings. The van der Waals surface area contributed by atoms with E-state index in [1.165, 1.54) is 0 Å². The molecule has 2 rings (SSSR count). The van der Waals surface area contributed by atoms with E-state index in [1.807, 2.05) is 13.0 Å². The molecule has 0 spiro atoms. The van der Waals surface area contributed by atoms with E-state index in [4.69, 9.17) is 4.74 Å². The number of hydrogen-bond donors (Lipinski definition) is 0. The minimum Gasteiger partial charge on any atom is -0.425 e. The van der Waals surface area contributed by atoms with Gasteiger partial charge in [-0.05, 0) is 37.5 Å². The molecule has 0 heterocycles. The monoisotopic (exact) mass is 254 g/mol. The van der Waals surface area contributed by atoms with Crippen LogP contribution in [0.4, 0.5) is 0 Å².